The topological polar surface area (TPSA) is 115 Å². The molecule has 0 radical (unpaired) electrons. The van der Waals surface area contributed by atoms with Gasteiger partial charge in [0.1, 0.15) is 28.7 Å². The molecule has 8 nitrogen and oxygen atoms in total. The largest absolute Gasteiger partial charge is 0.494 e. The zero-order chi connectivity index (χ0) is 21.8. The van der Waals surface area contributed by atoms with E-state index in [1.165, 1.54) is 31.4 Å². The van der Waals surface area contributed by atoms with Crippen LogP contribution in [0.4, 0.5) is 4.39 Å². The van der Waals surface area contributed by atoms with Crippen LogP contribution in [0.15, 0.2) is 40.9 Å². The molecule has 0 spiro atoms. The minimum Gasteiger partial charge on any atom is -0.494 e. The lowest BCUT2D eigenvalue weighted by molar-refractivity contribution is -0.137. The predicted octanol–water partition coefficient (Wildman–Crippen LogP) is 3.45. The average molecular weight is 413 g/mol. The molecule has 1 aromatic carbocycles. The van der Waals surface area contributed by atoms with Crippen LogP contribution < -0.4 is 10.1 Å². The Morgan fingerprint density at radius 2 is 1.97 bits per heavy atom. The van der Waals surface area contributed by atoms with Gasteiger partial charge in [0.2, 0.25) is 0 Å². The zero-order valence-electron chi connectivity index (χ0n) is 16.6. The van der Waals surface area contributed by atoms with E-state index >= 15 is 0 Å². The SMILES string of the molecule is COc1ccc(C(=O)NC(CC(=O)O)c2ccccc2F)nc1-c1c(C)noc1C. The molecule has 156 valence electrons. The highest BCUT2D eigenvalue weighted by molar-refractivity contribution is 5.94. The van der Waals surface area contributed by atoms with Gasteiger partial charge >= 0.3 is 5.97 Å². The van der Waals surface area contributed by atoms with E-state index in [0.29, 0.717) is 28.5 Å². The van der Waals surface area contributed by atoms with Gasteiger partial charge in [-0.1, -0.05) is 23.4 Å². The van der Waals surface area contributed by atoms with Crippen molar-refractivity contribution in [1.82, 2.24) is 15.5 Å². The molecule has 0 fully saturated rings. The number of nitrogens with zero attached hydrogens (tertiary/aromatic N) is 2. The maximum absolute atomic E-state index is 14.2. The number of carboxylic acid groups (broad SMARTS) is 1. The van der Waals surface area contributed by atoms with Crippen molar-refractivity contribution in [2.45, 2.75) is 26.3 Å². The van der Waals surface area contributed by atoms with Crippen molar-refractivity contribution < 1.29 is 28.3 Å². The predicted molar refractivity (Wildman–Crippen MR) is 105 cm³/mol. The second kappa shape index (κ2) is 8.73. The van der Waals surface area contributed by atoms with Gasteiger partial charge in [-0.25, -0.2) is 9.37 Å². The third kappa shape index (κ3) is 4.29. The molecule has 2 heterocycles. The van der Waals surface area contributed by atoms with E-state index in [9.17, 15) is 19.1 Å². The van der Waals surface area contributed by atoms with Crippen LogP contribution in [0.1, 0.15) is 40.0 Å². The van der Waals surface area contributed by atoms with E-state index in [1.807, 2.05) is 0 Å². The Bertz CT molecular complexity index is 1080. The Labute approximate surface area is 171 Å². The monoisotopic (exact) mass is 413 g/mol. The molecule has 0 bridgehead atoms. The Hall–Kier alpha value is -3.75. The lowest BCUT2D eigenvalue weighted by Crippen LogP contribution is -2.31. The normalized spacial score (nSPS) is 11.7. The number of carbonyl (C=O) groups is 2. The Morgan fingerprint density at radius 3 is 2.57 bits per heavy atom. The molecule has 1 unspecified atom stereocenters. The van der Waals surface area contributed by atoms with Crippen LogP contribution in [-0.4, -0.2) is 34.2 Å². The number of nitrogens with one attached hydrogen (secondary N) is 1. The van der Waals surface area contributed by atoms with Crippen molar-refractivity contribution in [1.29, 1.82) is 0 Å². The molecule has 1 atom stereocenters. The maximum Gasteiger partial charge on any atom is 0.305 e. The molecule has 1 amide bonds. The van der Waals surface area contributed by atoms with Crippen LogP contribution >= 0.6 is 0 Å². The second-order valence-electron chi connectivity index (χ2n) is 6.59. The molecule has 9 heteroatoms. The van der Waals surface area contributed by atoms with Gasteiger partial charge < -0.3 is 19.7 Å². The van der Waals surface area contributed by atoms with E-state index < -0.39 is 30.2 Å². The molecule has 3 rings (SSSR count). The molecule has 0 aliphatic heterocycles. The number of hydrogen-bond acceptors (Lipinski definition) is 6. The summed E-state index contributed by atoms with van der Waals surface area (Å²) >= 11 is 0. The van der Waals surface area contributed by atoms with Crippen molar-refractivity contribution in [3.8, 4) is 17.0 Å². The van der Waals surface area contributed by atoms with Crippen molar-refractivity contribution in [3.05, 3.63) is 64.9 Å². The highest BCUT2D eigenvalue weighted by Gasteiger charge is 2.24. The van der Waals surface area contributed by atoms with Crippen molar-refractivity contribution in [2.75, 3.05) is 7.11 Å². The molecular formula is C21H20FN3O5. The smallest absolute Gasteiger partial charge is 0.305 e. The third-order valence-corrected chi connectivity index (χ3v) is 4.55. The molecular weight excluding hydrogens is 393 g/mol. The van der Waals surface area contributed by atoms with Crippen LogP contribution in [0.2, 0.25) is 0 Å². The highest BCUT2D eigenvalue weighted by atomic mass is 19.1. The van der Waals surface area contributed by atoms with E-state index in [1.54, 1.807) is 26.0 Å². The molecule has 2 N–H and O–H groups in total. The van der Waals surface area contributed by atoms with E-state index in [4.69, 9.17) is 9.26 Å². The lowest BCUT2D eigenvalue weighted by Gasteiger charge is -2.18. The van der Waals surface area contributed by atoms with E-state index in [-0.39, 0.29) is 11.3 Å². The summed E-state index contributed by atoms with van der Waals surface area (Å²) in [5, 5.41) is 15.6. The van der Waals surface area contributed by atoms with Crippen LogP contribution in [0.5, 0.6) is 5.75 Å². The number of rotatable bonds is 7. The van der Waals surface area contributed by atoms with Crippen LogP contribution in [-0.2, 0) is 4.79 Å². The molecule has 0 saturated heterocycles. The number of carboxylic acids is 1. The van der Waals surface area contributed by atoms with E-state index in [0.717, 1.165) is 0 Å². The number of hydrogen-bond donors (Lipinski definition) is 2. The highest BCUT2D eigenvalue weighted by Crippen LogP contribution is 2.33. The van der Waals surface area contributed by atoms with Crippen LogP contribution in [0, 0.1) is 19.7 Å². The summed E-state index contributed by atoms with van der Waals surface area (Å²) in [5.74, 6) is -1.52. The molecule has 0 aliphatic rings. The van der Waals surface area contributed by atoms with Crippen molar-refractivity contribution in [3.63, 3.8) is 0 Å². The second-order valence-corrected chi connectivity index (χ2v) is 6.59. The number of amides is 1. The van der Waals surface area contributed by atoms with Crippen LogP contribution in [0.25, 0.3) is 11.3 Å². The van der Waals surface area contributed by atoms with Gasteiger partial charge in [-0.2, -0.15) is 0 Å². The summed E-state index contributed by atoms with van der Waals surface area (Å²) in [6, 6.07) is 7.63. The number of aromatic nitrogens is 2. The molecule has 3 aromatic rings. The van der Waals surface area contributed by atoms with Gasteiger partial charge in [-0.3, -0.25) is 9.59 Å². The molecule has 2 aromatic heterocycles. The van der Waals surface area contributed by atoms with Crippen molar-refractivity contribution in [2.24, 2.45) is 0 Å². The zero-order valence-corrected chi connectivity index (χ0v) is 16.6. The fraction of sp³-hybridized carbons (Fsp3) is 0.238. The number of carbonyl (C=O) groups excluding carboxylic acids is 1. The number of pyridine rings is 1. The Kier molecular flexibility index (Phi) is 6.10. The Morgan fingerprint density at radius 1 is 1.23 bits per heavy atom. The fourth-order valence-electron chi connectivity index (χ4n) is 3.14. The van der Waals surface area contributed by atoms with Gasteiger partial charge in [0, 0.05) is 5.56 Å². The third-order valence-electron chi connectivity index (χ3n) is 4.55. The summed E-state index contributed by atoms with van der Waals surface area (Å²) in [6.45, 7) is 3.45. The summed E-state index contributed by atoms with van der Waals surface area (Å²) in [4.78, 5) is 28.5. The minimum atomic E-state index is -1.18. The summed E-state index contributed by atoms with van der Waals surface area (Å²) < 4.78 is 24.7. The standard InChI is InChI=1S/C21H20FN3O5/c1-11-19(12(2)30-25-11)20-17(29-3)9-8-15(23-20)21(28)24-16(10-18(26)27)13-6-4-5-7-14(13)22/h4-9,16H,10H2,1-3H3,(H,24,28)(H,26,27). The number of halogens is 1. The number of aryl methyl sites for hydroxylation is 2. The van der Waals surface area contributed by atoms with Gasteiger partial charge in [0.15, 0.2) is 0 Å². The van der Waals surface area contributed by atoms with Gasteiger partial charge in [-0.15, -0.1) is 0 Å². The molecule has 0 aliphatic carbocycles. The number of methoxy groups -OCH3 is 1. The summed E-state index contributed by atoms with van der Waals surface area (Å²) in [7, 11) is 1.47. The van der Waals surface area contributed by atoms with Gasteiger partial charge in [-0.05, 0) is 32.0 Å². The maximum atomic E-state index is 14.2. The first-order chi connectivity index (χ1) is 14.3. The number of benzene rings is 1. The first-order valence-electron chi connectivity index (χ1n) is 9.07. The van der Waals surface area contributed by atoms with Gasteiger partial charge in [0.25, 0.3) is 5.91 Å². The van der Waals surface area contributed by atoms with Gasteiger partial charge in [0.05, 0.1) is 30.8 Å². The fourth-order valence-corrected chi connectivity index (χ4v) is 3.14. The first-order valence-corrected chi connectivity index (χ1v) is 9.07. The quantitative estimate of drug-likeness (QED) is 0.610. The number of aliphatic carboxylic acids is 1. The first kappa shape index (κ1) is 21.0. The molecule has 30 heavy (non-hydrogen) atoms. The minimum absolute atomic E-state index is 0.0116. The van der Waals surface area contributed by atoms with E-state index in [2.05, 4.69) is 15.5 Å². The summed E-state index contributed by atoms with van der Waals surface area (Å²) in [5.41, 5.74) is 1.62. The average Bonchev–Trinajstić information content (AvgIpc) is 3.05. The molecule has 0 saturated carbocycles. The summed E-state index contributed by atoms with van der Waals surface area (Å²) in [6.07, 6.45) is -0.487. The number of ether oxygens (including phenoxy) is 1. The van der Waals surface area contributed by atoms with Crippen LogP contribution in [0.3, 0.4) is 0 Å². The van der Waals surface area contributed by atoms with Crippen molar-refractivity contribution >= 4 is 11.9 Å². The lowest BCUT2D eigenvalue weighted by atomic mass is 10.0. The Balaban J connectivity index is 1.97.